The lowest BCUT2D eigenvalue weighted by Crippen LogP contribution is -2.48. The second-order valence-corrected chi connectivity index (χ2v) is 10.7. The van der Waals surface area contributed by atoms with Crippen molar-refractivity contribution < 1.29 is 13.2 Å². The fraction of sp³-hybridized carbons (Fsp3) is 0.778. The Balaban J connectivity index is 1.43. The Labute approximate surface area is 161 Å². The van der Waals surface area contributed by atoms with E-state index in [1.807, 2.05) is 0 Å². The van der Waals surface area contributed by atoms with Crippen LogP contribution in [0.2, 0.25) is 0 Å². The van der Waals surface area contributed by atoms with Crippen molar-refractivity contribution in [1.29, 1.82) is 0 Å². The van der Waals surface area contributed by atoms with Gasteiger partial charge >= 0.3 is 0 Å². The smallest absolute Gasteiger partial charge is 0.282 e. The van der Waals surface area contributed by atoms with Crippen LogP contribution >= 0.6 is 0 Å². The van der Waals surface area contributed by atoms with Crippen LogP contribution in [0.4, 0.5) is 5.82 Å². The zero-order valence-corrected chi connectivity index (χ0v) is 17.2. The van der Waals surface area contributed by atoms with Gasteiger partial charge in [0.25, 0.3) is 10.2 Å². The van der Waals surface area contributed by atoms with Crippen LogP contribution in [-0.4, -0.2) is 79.5 Å². The van der Waals surface area contributed by atoms with E-state index in [9.17, 15) is 8.42 Å². The fourth-order valence-corrected chi connectivity index (χ4v) is 5.89. The number of aromatic nitrogens is 2. The molecule has 3 aliphatic heterocycles. The highest BCUT2D eigenvalue weighted by Crippen LogP contribution is 2.35. The predicted octanol–water partition coefficient (Wildman–Crippen LogP) is 0.719. The number of morpholine rings is 1. The Kier molecular flexibility index (Phi) is 4.90. The lowest BCUT2D eigenvalue weighted by atomic mass is 9.92. The molecule has 0 N–H and O–H groups in total. The number of anilines is 1. The fourth-order valence-electron chi connectivity index (χ4n) is 4.20. The third-order valence-corrected chi connectivity index (χ3v) is 7.79. The van der Waals surface area contributed by atoms with E-state index in [1.54, 1.807) is 14.9 Å². The zero-order chi connectivity index (χ0) is 19.2. The highest BCUT2D eigenvalue weighted by molar-refractivity contribution is 7.86. The van der Waals surface area contributed by atoms with E-state index in [0.717, 1.165) is 24.6 Å². The molecule has 27 heavy (non-hydrogen) atoms. The van der Waals surface area contributed by atoms with Gasteiger partial charge in [-0.3, -0.25) is 0 Å². The predicted molar refractivity (Wildman–Crippen MR) is 103 cm³/mol. The monoisotopic (exact) mass is 395 g/mol. The van der Waals surface area contributed by atoms with Gasteiger partial charge in [0.05, 0.1) is 18.9 Å². The van der Waals surface area contributed by atoms with Gasteiger partial charge in [0, 0.05) is 50.7 Å². The average Bonchev–Trinajstić information content (AvgIpc) is 3.21. The molecule has 150 valence electrons. The van der Waals surface area contributed by atoms with Crippen molar-refractivity contribution in [2.24, 2.45) is 11.8 Å². The summed E-state index contributed by atoms with van der Waals surface area (Å²) in [5, 5.41) is 0. The summed E-state index contributed by atoms with van der Waals surface area (Å²) < 4.78 is 34.3. The van der Waals surface area contributed by atoms with Crippen LogP contribution in [0.1, 0.15) is 26.5 Å². The maximum absolute atomic E-state index is 12.9. The van der Waals surface area contributed by atoms with Crippen LogP contribution in [0.25, 0.3) is 0 Å². The van der Waals surface area contributed by atoms with Crippen molar-refractivity contribution in [2.75, 3.05) is 57.4 Å². The van der Waals surface area contributed by atoms with Crippen molar-refractivity contribution in [2.45, 2.75) is 26.2 Å². The molecule has 3 saturated heterocycles. The summed E-state index contributed by atoms with van der Waals surface area (Å²) >= 11 is 0. The van der Waals surface area contributed by atoms with E-state index in [0.29, 0.717) is 51.2 Å². The maximum Gasteiger partial charge on any atom is 0.282 e. The molecule has 0 amide bonds. The molecular formula is C18H29N5O3S. The molecule has 2 atom stereocenters. The summed E-state index contributed by atoms with van der Waals surface area (Å²) in [6.45, 7) is 11.2. The van der Waals surface area contributed by atoms with Gasteiger partial charge in [0.1, 0.15) is 12.1 Å². The Bertz CT molecular complexity index is 774. The van der Waals surface area contributed by atoms with E-state index in [2.05, 4.69) is 41.7 Å². The highest BCUT2D eigenvalue weighted by atomic mass is 32.2. The van der Waals surface area contributed by atoms with Crippen LogP contribution in [-0.2, 0) is 20.4 Å². The number of fused-ring (bicyclic) bond motifs is 1. The first-order chi connectivity index (χ1) is 12.7. The molecule has 3 fully saturated rings. The normalized spacial score (nSPS) is 27.9. The summed E-state index contributed by atoms with van der Waals surface area (Å²) in [6.07, 6.45) is 1.64. The Morgan fingerprint density at radius 1 is 1.00 bits per heavy atom. The second kappa shape index (κ2) is 6.95. The first-order valence-electron chi connectivity index (χ1n) is 9.65. The summed E-state index contributed by atoms with van der Waals surface area (Å²) in [5.74, 6) is 1.66. The van der Waals surface area contributed by atoms with Gasteiger partial charge in [-0.2, -0.15) is 17.0 Å². The van der Waals surface area contributed by atoms with E-state index >= 15 is 0 Å². The number of nitrogens with zero attached hydrogens (tertiary/aromatic N) is 5. The molecule has 1 aromatic heterocycles. The number of rotatable bonds is 3. The van der Waals surface area contributed by atoms with Gasteiger partial charge in [-0.15, -0.1) is 0 Å². The van der Waals surface area contributed by atoms with E-state index in [1.165, 1.54) is 0 Å². The molecule has 1 aromatic rings. The Morgan fingerprint density at radius 2 is 1.63 bits per heavy atom. The number of hydrogen-bond donors (Lipinski definition) is 0. The first kappa shape index (κ1) is 19.0. The highest BCUT2D eigenvalue weighted by Gasteiger charge is 2.46. The minimum absolute atomic E-state index is 0.0175. The number of hydrogen-bond acceptors (Lipinski definition) is 6. The molecule has 4 rings (SSSR count). The van der Waals surface area contributed by atoms with Crippen molar-refractivity contribution in [3.8, 4) is 0 Å². The Hall–Kier alpha value is -1.29. The van der Waals surface area contributed by atoms with Crippen LogP contribution in [0, 0.1) is 11.8 Å². The molecule has 0 aromatic carbocycles. The first-order valence-corrected chi connectivity index (χ1v) is 11.1. The van der Waals surface area contributed by atoms with Crippen LogP contribution in [0.3, 0.4) is 0 Å². The molecule has 8 nitrogen and oxygen atoms in total. The molecule has 0 saturated carbocycles. The summed E-state index contributed by atoms with van der Waals surface area (Å²) in [4.78, 5) is 11.2. The van der Waals surface area contributed by atoms with E-state index in [-0.39, 0.29) is 5.41 Å². The SMILES string of the molecule is CC(C)(C)c1cc(N2CC3CN(S(=O)(=O)N4CCOCC4)CC3C2)ncn1. The minimum atomic E-state index is -3.37. The second-order valence-electron chi connectivity index (χ2n) is 8.77. The van der Waals surface area contributed by atoms with Crippen molar-refractivity contribution in [1.82, 2.24) is 18.6 Å². The molecular weight excluding hydrogens is 366 g/mol. The van der Waals surface area contributed by atoms with E-state index in [4.69, 9.17) is 4.74 Å². The molecule has 0 bridgehead atoms. The lowest BCUT2D eigenvalue weighted by Gasteiger charge is -2.31. The van der Waals surface area contributed by atoms with Crippen molar-refractivity contribution in [3.05, 3.63) is 18.1 Å². The summed E-state index contributed by atoms with van der Waals surface area (Å²) in [6, 6.07) is 2.07. The van der Waals surface area contributed by atoms with E-state index < -0.39 is 10.2 Å². The minimum Gasteiger partial charge on any atom is -0.379 e. The molecule has 0 spiro atoms. The van der Waals surface area contributed by atoms with Crippen LogP contribution in [0.15, 0.2) is 12.4 Å². The van der Waals surface area contributed by atoms with Gasteiger partial charge in [-0.1, -0.05) is 20.8 Å². The third-order valence-electron chi connectivity index (χ3n) is 5.82. The topological polar surface area (TPSA) is 78.9 Å². The zero-order valence-electron chi connectivity index (χ0n) is 16.3. The summed E-state index contributed by atoms with van der Waals surface area (Å²) in [7, 11) is -3.37. The van der Waals surface area contributed by atoms with Crippen LogP contribution in [0.5, 0.6) is 0 Å². The number of ether oxygens (including phenoxy) is 1. The molecule has 9 heteroatoms. The Morgan fingerprint density at radius 3 is 2.22 bits per heavy atom. The maximum atomic E-state index is 12.9. The van der Waals surface area contributed by atoms with Gasteiger partial charge in [0.15, 0.2) is 0 Å². The molecule has 3 aliphatic rings. The molecule has 0 radical (unpaired) electrons. The largest absolute Gasteiger partial charge is 0.379 e. The molecule has 2 unspecified atom stereocenters. The van der Waals surface area contributed by atoms with Crippen molar-refractivity contribution >= 4 is 16.0 Å². The quantitative estimate of drug-likeness (QED) is 0.750. The van der Waals surface area contributed by atoms with Crippen molar-refractivity contribution in [3.63, 3.8) is 0 Å². The van der Waals surface area contributed by atoms with Gasteiger partial charge < -0.3 is 9.64 Å². The summed E-state index contributed by atoms with van der Waals surface area (Å²) in [5.41, 5.74) is 1.01. The van der Waals surface area contributed by atoms with Crippen LogP contribution < -0.4 is 4.90 Å². The van der Waals surface area contributed by atoms with Gasteiger partial charge in [0.2, 0.25) is 0 Å². The molecule has 4 heterocycles. The lowest BCUT2D eigenvalue weighted by molar-refractivity contribution is 0.0705. The van der Waals surface area contributed by atoms with Gasteiger partial charge in [-0.25, -0.2) is 9.97 Å². The third kappa shape index (κ3) is 3.70. The standard InChI is InChI=1S/C18H29N5O3S/c1-18(2,3)16-8-17(20-13-19-16)21-9-14-11-23(12-15(14)10-21)27(24,25)22-4-6-26-7-5-22/h8,13-15H,4-7,9-12H2,1-3H3. The molecule has 0 aliphatic carbocycles. The average molecular weight is 396 g/mol. The van der Waals surface area contributed by atoms with Gasteiger partial charge in [-0.05, 0) is 11.8 Å².